The molecule has 1 aromatic heterocycles. The summed E-state index contributed by atoms with van der Waals surface area (Å²) < 4.78 is 2.05. The number of rotatable bonds is 4. The van der Waals surface area contributed by atoms with Crippen molar-refractivity contribution in [2.75, 3.05) is 5.73 Å². The molecular formula is C15H18N4. The Labute approximate surface area is 113 Å². The number of nitrogens with zero attached hydrogens (tertiary/aromatic N) is 3. The van der Waals surface area contributed by atoms with Gasteiger partial charge in [-0.2, -0.15) is 5.26 Å². The SMILES string of the molecule is CCCc1nc(-c2ccc(C#N)cc2)c(N)n1CC. The lowest BCUT2D eigenvalue weighted by Crippen LogP contribution is -2.05. The Morgan fingerprint density at radius 2 is 1.95 bits per heavy atom. The molecule has 2 N–H and O–H groups in total. The van der Waals surface area contributed by atoms with Crippen LogP contribution in [0, 0.1) is 11.3 Å². The molecule has 0 unspecified atom stereocenters. The van der Waals surface area contributed by atoms with Crippen LogP contribution in [0.25, 0.3) is 11.3 Å². The van der Waals surface area contributed by atoms with Crippen molar-refractivity contribution >= 4 is 5.82 Å². The number of aromatic nitrogens is 2. The molecule has 0 aliphatic heterocycles. The van der Waals surface area contributed by atoms with E-state index in [9.17, 15) is 0 Å². The highest BCUT2D eigenvalue weighted by Crippen LogP contribution is 2.27. The van der Waals surface area contributed by atoms with Gasteiger partial charge in [0.25, 0.3) is 0 Å². The quantitative estimate of drug-likeness (QED) is 0.912. The molecule has 0 aliphatic rings. The average Bonchev–Trinajstić information content (AvgIpc) is 2.75. The number of aryl methyl sites for hydroxylation is 1. The molecule has 2 aromatic rings. The summed E-state index contributed by atoms with van der Waals surface area (Å²) in [6.45, 7) is 5.02. The lowest BCUT2D eigenvalue weighted by molar-refractivity contribution is 0.690. The van der Waals surface area contributed by atoms with Crippen molar-refractivity contribution in [3.05, 3.63) is 35.7 Å². The maximum atomic E-state index is 8.82. The van der Waals surface area contributed by atoms with Crippen molar-refractivity contribution in [1.29, 1.82) is 5.26 Å². The van der Waals surface area contributed by atoms with E-state index in [0.717, 1.165) is 36.5 Å². The van der Waals surface area contributed by atoms with Crippen molar-refractivity contribution < 1.29 is 0 Å². The number of nitrogens with two attached hydrogens (primary N) is 1. The third kappa shape index (κ3) is 2.45. The molecule has 0 radical (unpaired) electrons. The first-order valence-corrected chi connectivity index (χ1v) is 6.56. The van der Waals surface area contributed by atoms with E-state index in [2.05, 4.69) is 29.5 Å². The molecule has 4 heteroatoms. The normalized spacial score (nSPS) is 10.4. The van der Waals surface area contributed by atoms with Crippen LogP contribution in [-0.2, 0) is 13.0 Å². The van der Waals surface area contributed by atoms with E-state index in [1.807, 2.05) is 12.1 Å². The highest BCUT2D eigenvalue weighted by molar-refractivity contribution is 5.71. The highest BCUT2D eigenvalue weighted by Gasteiger charge is 2.14. The van der Waals surface area contributed by atoms with E-state index in [-0.39, 0.29) is 0 Å². The van der Waals surface area contributed by atoms with Crippen LogP contribution in [0.5, 0.6) is 0 Å². The lowest BCUT2D eigenvalue weighted by Gasteiger charge is -2.05. The first kappa shape index (κ1) is 13.2. The topological polar surface area (TPSA) is 67.6 Å². The van der Waals surface area contributed by atoms with Crippen molar-refractivity contribution in [2.24, 2.45) is 0 Å². The average molecular weight is 254 g/mol. The van der Waals surface area contributed by atoms with Crippen molar-refractivity contribution in [2.45, 2.75) is 33.2 Å². The molecule has 0 spiro atoms. The summed E-state index contributed by atoms with van der Waals surface area (Å²) in [4.78, 5) is 4.65. The summed E-state index contributed by atoms with van der Waals surface area (Å²) in [5, 5.41) is 8.82. The first-order valence-electron chi connectivity index (χ1n) is 6.56. The van der Waals surface area contributed by atoms with Gasteiger partial charge in [0.2, 0.25) is 0 Å². The van der Waals surface area contributed by atoms with Crippen LogP contribution in [0.3, 0.4) is 0 Å². The number of hydrogen-bond donors (Lipinski definition) is 1. The number of nitrogen functional groups attached to an aromatic ring is 1. The van der Waals surface area contributed by atoms with E-state index >= 15 is 0 Å². The predicted octanol–water partition coefficient (Wildman–Crippen LogP) is 2.98. The van der Waals surface area contributed by atoms with Crippen LogP contribution < -0.4 is 5.73 Å². The van der Waals surface area contributed by atoms with Gasteiger partial charge in [-0.1, -0.05) is 19.1 Å². The molecule has 0 saturated heterocycles. The molecule has 4 nitrogen and oxygen atoms in total. The smallest absolute Gasteiger partial charge is 0.131 e. The lowest BCUT2D eigenvalue weighted by atomic mass is 10.1. The number of imidazole rings is 1. The fourth-order valence-corrected chi connectivity index (χ4v) is 2.20. The minimum absolute atomic E-state index is 0.644. The number of nitriles is 1. The Balaban J connectivity index is 2.46. The first-order chi connectivity index (χ1) is 9.21. The second-order valence-corrected chi connectivity index (χ2v) is 4.45. The van der Waals surface area contributed by atoms with Crippen molar-refractivity contribution in [3.63, 3.8) is 0 Å². The van der Waals surface area contributed by atoms with E-state index in [1.54, 1.807) is 12.1 Å². The van der Waals surface area contributed by atoms with Crippen LogP contribution in [0.2, 0.25) is 0 Å². The van der Waals surface area contributed by atoms with Gasteiger partial charge in [0, 0.05) is 18.5 Å². The van der Waals surface area contributed by atoms with Crippen LogP contribution in [0.4, 0.5) is 5.82 Å². The summed E-state index contributed by atoms with van der Waals surface area (Å²) in [6.07, 6.45) is 1.97. The molecular weight excluding hydrogens is 236 g/mol. The van der Waals surface area contributed by atoms with Crippen molar-refractivity contribution in [1.82, 2.24) is 9.55 Å². The van der Waals surface area contributed by atoms with Crippen LogP contribution >= 0.6 is 0 Å². The van der Waals surface area contributed by atoms with Crippen LogP contribution in [-0.4, -0.2) is 9.55 Å². The third-order valence-electron chi connectivity index (χ3n) is 3.16. The largest absolute Gasteiger partial charge is 0.383 e. The summed E-state index contributed by atoms with van der Waals surface area (Å²) in [5.74, 6) is 1.73. The second-order valence-electron chi connectivity index (χ2n) is 4.45. The number of benzene rings is 1. The molecule has 0 amide bonds. The number of hydrogen-bond acceptors (Lipinski definition) is 3. The predicted molar refractivity (Wildman–Crippen MR) is 76.5 cm³/mol. The van der Waals surface area contributed by atoms with E-state index in [1.165, 1.54) is 0 Å². The molecule has 1 aromatic carbocycles. The molecule has 19 heavy (non-hydrogen) atoms. The van der Waals surface area contributed by atoms with Gasteiger partial charge in [-0.15, -0.1) is 0 Å². The minimum atomic E-state index is 0.644. The van der Waals surface area contributed by atoms with Gasteiger partial charge < -0.3 is 10.3 Å². The maximum absolute atomic E-state index is 8.82. The molecule has 0 atom stereocenters. The maximum Gasteiger partial charge on any atom is 0.131 e. The van der Waals surface area contributed by atoms with Gasteiger partial charge >= 0.3 is 0 Å². The van der Waals surface area contributed by atoms with Gasteiger partial charge in [-0.3, -0.25) is 0 Å². The van der Waals surface area contributed by atoms with Crippen molar-refractivity contribution in [3.8, 4) is 17.3 Å². The van der Waals surface area contributed by atoms with Gasteiger partial charge in [-0.25, -0.2) is 4.98 Å². The standard InChI is InChI=1S/C15H18N4/c1-3-5-13-18-14(15(17)19(13)4-2)12-8-6-11(10-16)7-9-12/h6-9H,3-5,17H2,1-2H3. The Kier molecular flexibility index (Phi) is 3.86. The van der Waals surface area contributed by atoms with Gasteiger partial charge in [-0.05, 0) is 25.5 Å². The van der Waals surface area contributed by atoms with Gasteiger partial charge in [0.05, 0.1) is 11.6 Å². The summed E-state index contributed by atoms with van der Waals surface area (Å²) in [6, 6.07) is 9.48. The minimum Gasteiger partial charge on any atom is -0.383 e. The Bertz CT molecular complexity index is 602. The molecule has 2 rings (SSSR count). The fraction of sp³-hybridized carbons (Fsp3) is 0.333. The molecule has 0 aliphatic carbocycles. The van der Waals surface area contributed by atoms with Crippen LogP contribution in [0.15, 0.2) is 24.3 Å². The molecule has 0 bridgehead atoms. The molecule has 98 valence electrons. The summed E-state index contributed by atoms with van der Waals surface area (Å²) in [5.41, 5.74) is 8.60. The van der Waals surface area contributed by atoms with E-state index in [0.29, 0.717) is 11.4 Å². The fourth-order valence-electron chi connectivity index (χ4n) is 2.20. The second kappa shape index (κ2) is 5.57. The van der Waals surface area contributed by atoms with Crippen LogP contribution in [0.1, 0.15) is 31.7 Å². The summed E-state index contributed by atoms with van der Waals surface area (Å²) >= 11 is 0. The molecule has 0 saturated carbocycles. The Hall–Kier alpha value is -2.28. The zero-order chi connectivity index (χ0) is 13.8. The summed E-state index contributed by atoms with van der Waals surface area (Å²) in [7, 11) is 0. The Morgan fingerprint density at radius 3 is 2.47 bits per heavy atom. The zero-order valence-electron chi connectivity index (χ0n) is 11.3. The zero-order valence-corrected chi connectivity index (χ0v) is 11.3. The van der Waals surface area contributed by atoms with E-state index < -0.39 is 0 Å². The molecule has 1 heterocycles. The number of anilines is 1. The van der Waals surface area contributed by atoms with Gasteiger partial charge in [0.15, 0.2) is 0 Å². The third-order valence-corrected chi connectivity index (χ3v) is 3.16. The van der Waals surface area contributed by atoms with Gasteiger partial charge in [0.1, 0.15) is 17.3 Å². The Morgan fingerprint density at radius 1 is 1.26 bits per heavy atom. The highest BCUT2D eigenvalue weighted by atomic mass is 15.1. The monoisotopic (exact) mass is 254 g/mol. The van der Waals surface area contributed by atoms with E-state index in [4.69, 9.17) is 11.0 Å². The molecule has 0 fully saturated rings.